The summed E-state index contributed by atoms with van der Waals surface area (Å²) in [5.74, 6) is 1.06. The summed E-state index contributed by atoms with van der Waals surface area (Å²) in [6.07, 6.45) is 1.02. The van der Waals surface area contributed by atoms with Gasteiger partial charge in [0, 0.05) is 17.8 Å². The van der Waals surface area contributed by atoms with Crippen LogP contribution >= 0.6 is 12.2 Å². The zero-order chi connectivity index (χ0) is 23.5. The Bertz CT molecular complexity index is 1310. The number of aromatic nitrogens is 2. The van der Waals surface area contributed by atoms with Crippen molar-refractivity contribution in [1.82, 2.24) is 20.4 Å². The molecule has 0 spiro atoms. The summed E-state index contributed by atoms with van der Waals surface area (Å²) in [5, 5.41) is 8.48. The number of allylic oxidation sites excluding steroid dienone is 1. The van der Waals surface area contributed by atoms with E-state index >= 15 is 0 Å². The van der Waals surface area contributed by atoms with E-state index in [4.69, 9.17) is 21.7 Å². The molecule has 0 saturated carbocycles. The van der Waals surface area contributed by atoms with Gasteiger partial charge in [-0.2, -0.15) is 4.98 Å². The maximum Gasteiger partial charge on any atom is 0.258 e. The first-order valence-corrected chi connectivity index (χ1v) is 11.9. The van der Waals surface area contributed by atoms with Crippen molar-refractivity contribution in [3.8, 4) is 11.4 Å². The lowest BCUT2D eigenvalue weighted by Gasteiger charge is -2.37. The summed E-state index contributed by atoms with van der Waals surface area (Å²) < 4.78 is 5.82. The lowest BCUT2D eigenvalue weighted by molar-refractivity contribution is 0.396. The molecule has 0 saturated heterocycles. The molecule has 0 radical (unpaired) electrons. The summed E-state index contributed by atoms with van der Waals surface area (Å²) in [6.45, 7) is 4.90. The Kier molecular flexibility index (Phi) is 6.23. The van der Waals surface area contributed by atoms with Gasteiger partial charge < -0.3 is 14.7 Å². The predicted octanol–water partition coefficient (Wildman–Crippen LogP) is 6.16. The smallest absolute Gasteiger partial charge is 0.258 e. The van der Waals surface area contributed by atoms with Gasteiger partial charge in [0.2, 0.25) is 5.82 Å². The fraction of sp³-hybridized carbons (Fsp3) is 0.179. The van der Waals surface area contributed by atoms with E-state index in [9.17, 15) is 0 Å². The van der Waals surface area contributed by atoms with Gasteiger partial charge in [0.15, 0.2) is 5.11 Å². The highest BCUT2D eigenvalue weighted by Crippen LogP contribution is 2.37. The SMILES string of the molecule is CCc1ccc(CN2C(=S)NC(c3ccccc3)C(c3nc(-c4ccccc4)no3)=C2C)cc1. The molecular weight excluding hydrogens is 440 g/mol. The lowest BCUT2D eigenvalue weighted by atomic mass is 9.94. The van der Waals surface area contributed by atoms with Crippen molar-refractivity contribution in [1.29, 1.82) is 0 Å². The van der Waals surface area contributed by atoms with Gasteiger partial charge in [-0.15, -0.1) is 0 Å². The molecule has 1 unspecified atom stereocenters. The molecule has 0 amide bonds. The zero-order valence-corrected chi connectivity index (χ0v) is 20.0. The van der Waals surface area contributed by atoms with E-state index in [0.29, 0.717) is 23.4 Å². The van der Waals surface area contributed by atoms with Crippen molar-refractivity contribution < 1.29 is 4.52 Å². The second kappa shape index (κ2) is 9.61. The summed E-state index contributed by atoms with van der Waals surface area (Å²) in [7, 11) is 0. The molecule has 5 rings (SSSR count). The zero-order valence-electron chi connectivity index (χ0n) is 19.2. The van der Waals surface area contributed by atoms with E-state index in [2.05, 4.69) is 65.6 Å². The molecule has 2 heterocycles. The molecule has 170 valence electrons. The molecule has 0 bridgehead atoms. The largest absolute Gasteiger partial charge is 0.351 e. The van der Waals surface area contributed by atoms with Crippen LogP contribution in [0.2, 0.25) is 0 Å². The topological polar surface area (TPSA) is 54.2 Å². The molecule has 3 aromatic carbocycles. The van der Waals surface area contributed by atoms with Gasteiger partial charge in [0.25, 0.3) is 5.89 Å². The Balaban J connectivity index is 1.57. The third-order valence-corrected chi connectivity index (χ3v) is 6.53. The van der Waals surface area contributed by atoms with Crippen LogP contribution in [0.15, 0.2) is 95.1 Å². The minimum Gasteiger partial charge on any atom is -0.351 e. The normalized spacial score (nSPS) is 16.0. The summed E-state index contributed by atoms with van der Waals surface area (Å²) in [5.41, 5.74) is 6.44. The van der Waals surface area contributed by atoms with Crippen LogP contribution in [0.1, 0.15) is 42.5 Å². The van der Waals surface area contributed by atoms with Crippen molar-refractivity contribution in [3.63, 3.8) is 0 Å². The molecule has 1 aliphatic rings. The monoisotopic (exact) mass is 466 g/mol. The Morgan fingerprint density at radius 2 is 1.56 bits per heavy atom. The third kappa shape index (κ3) is 4.37. The van der Waals surface area contributed by atoms with Crippen LogP contribution in [-0.2, 0) is 13.0 Å². The number of nitrogens with one attached hydrogen (secondary N) is 1. The van der Waals surface area contributed by atoms with E-state index in [-0.39, 0.29) is 6.04 Å². The molecule has 0 fully saturated rings. The van der Waals surface area contributed by atoms with Crippen molar-refractivity contribution >= 4 is 22.9 Å². The maximum atomic E-state index is 5.83. The van der Waals surface area contributed by atoms with Gasteiger partial charge in [-0.05, 0) is 42.3 Å². The first-order valence-electron chi connectivity index (χ1n) is 11.4. The molecule has 34 heavy (non-hydrogen) atoms. The Morgan fingerprint density at radius 1 is 0.912 bits per heavy atom. The molecule has 1 aromatic heterocycles. The van der Waals surface area contributed by atoms with Gasteiger partial charge in [-0.1, -0.05) is 97.0 Å². The van der Waals surface area contributed by atoms with Gasteiger partial charge in [-0.25, -0.2) is 0 Å². The molecule has 1 aliphatic heterocycles. The van der Waals surface area contributed by atoms with E-state index in [0.717, 1.165) is 28.8 Å². The van der Waals surface area contributed by atoms with E-state index in [1.807, 2.05) is 48.5 Å². The van der Waals surface area contributed by atoms with Crippen LogP contribution in [0.25, 0.3) is 17.0 Å². The Labute approximate surface area is 205 Å². The molecule has 4 aromatic rings. The standard InChI is InChI=1S/C28H26N4OS/c1-3-20-14-16-21(17-15-20)18-32-19(2)24(25(29-28(32)34)22-10-6-4-7-11-22)27-30-26(31-33-27)23-12-8-5-9-13-23/h4-17,25H,3,18H2,1-2H3,(H,29,34). The number of rotatable bonds is 6. The summed E-state index contributed by atoms with van der Waals surface area (Å²) in [6, 6.07) is 28.6. The van der Waals surface area contributed by atoms with Crippen molar-refractivity contribution in [2.24, 2.45) is 0 Å². The molecule has 1 N–H and O–H groups in total. The highest BCUT2D eigenvalue weighted by atomic mass is 32.1. The van der Waals surface area contributed by atoms with Crippen LogP contribution in [0.4, 0.5) is 0 Å². The fourth-order valence-electron chi connectivity index (χ4n) is 4.24. The lowest BCUT2D eigenvalue weighted by Crippen LogP contribution is -2.45. The molecule has 5 nitrogen and oxygen atoms in total. The van der Waals surface area contributed by atoms with Crippen molar-refractivity contribution in [3.05, 3.63) is 113 Å². The number of hydrogen-bond acceptors (Lipinski definition) is 4. The van der Waals surface area contributed by atoms with Crippen molar-refractivity contribution in [2.45, 2.75) is 32.9 Å². The second-order valence-corrected chi connectivity index (χ2v) is 8.72. The minimum atomic E-state index is -0.184. The number of hydrogen-bond donors (Lipinski definition) is 1. The number of benzene rings is 3. The van der Waals surface area contributed by atoms with Gasteiger partial charge in [0.1, 0.15) is 0 Å². The van der Waals surface area contributed by atoms with E-state index < -0.39 is 0 Å². The van der Waals surface area contributed by atoms with Crippen LogP contribution in [0.5, 0.6) is 0 Å². The van der Waals surface area contributed by atoms with Gasteiger partial charge in [0.05, 0.1) is 11.6 Å². The highest BCUT2D eigenvalue weighted by molar-refractivity contribution is 7.80. The van der Waals surface area contributed by atoms with Crippen LogP contribution in [-0.4, -0.2) is 20.2 Å². The fourth-order valence-corrected chi connectivity index (χ4v) is 4.56. The Hall–Kier alpha value is -3.77. The summed E-state index contributed by atoms with van der Waals surface area (Å²) in [4.78, 5) is 6.88. The third-order valence-electron chi connectivity index (χ3n) is 6.19. The highest BCUT2D eigenvalue weighted by Gasteiger charge is 2.34. The number of nitrogens with zero attached hydrogens (tertiary/aromatic N) is 3. The number of aryl methyl sites for hydroxylation is 1. The first-order chi connectivity index (χ1) is 16.6. The predicted molar refractivity (Wildman–Crippen MR) is 139 cm³/mol. The quantitative estimate of drug-likeness (QED) is 0.343. The van der Waals surface area contributed by atoms with Crippen LogP contribution < -0.4 is 5.32 Å². The van der Waals surface area contributed by atoms with Gasteiger partial charge >= 0.3 is 0 Å². The molecule has 0 aliphatic carbocycles. The van der Waals surface area contributed by atoms with Crippen molar-refractivity contribution in [2.75, 3.05) is 0 Å². The average molecular weight is 467 g/mol. The maximum absolute atomic E-state index is 5.83. The molecule has 1 atom stereocenters. The molecular formula is C28H26N4OS. The van der Waals surface area contributed by atoms with Crippen LogP contribution in [0.3, 0.4) is 0 Å². The first kappa shape index (κ1) is 22.0. The number of thiocarbonyl (C=S) groups is 1. The van der Waals surface area contributed by atoms with Gasteiger partial charge in [-0.3, -0.25) is 0 Å². The molecule has 6 heteroatoms. The van der Waals surface area contributed by atoms with E-state index in [1.54, 1.807) is 0 Å². The average Bonchev–Trinajstić information content (AvgIpc) is 3.37. The van der Waals surface area contributed by atoms with Crippen LogP contribution in [0, 0.1) is 0 Å². The minimum absolute atomic E-state index is 0.184. The van der Waals surface area contributed by atoms with E-state index in [1.165, 1.54) is 11.1 Å². The Morgan fingerprint density at radius 3 is 2.24 bits per heavy atom. The summed E-state index contributed by atoms with van der Waals surface area (Å²) >= 11 is 5.83. The second-order valence-electron chi connectivity index (χ2n) is 8.34.